The normalized spacial score (nSPS) is 23.1. The van der Waals surface area contributed by atoms with E-state index in [1.54, 1.807) is 6.07 Å². The van der Waals surface area contributed by atoms with Crippen molar-refractivity contribution >= 4 is 21.6 Å². The SMILES string of the molecule is CCC1CCC(Oc2cc([N+](=O)[O-])ccc2Br)CC1. The molecule has 1 aliphatic carbocycles. The summed E-state index contributed by atoms with van der Waals surface area (Å²) in [6.07, 6.45) is 5.86. The molecule has 0 aromatic heterocycles. The summed E-state index contributed by atoms with van der Waals surface area (Å²) in [4.78, 5) is 10.4. The molecule has 0 unspecified atom stereocenters. The summed E-state index contributed by atoms with van der Waals surface area (Å²) >= 11 is 3.38. The van der Waals surface area contributed by atoms with Crippen molar-refractivity contribution in [1.29, 1.82) is 0 Å². The van der Waals surface area contributed by atoms with Gasteiger partial charge < -0.3 is 4.74 Å². The number of nitrogens with zero attached hydrogens (tertiary/aromatic N) is 1. The molecule has 1 fully saturated rings. The molecule has 104 valence electrons. The standard InChI is InChI=1S/C14H18BrNO3/c1-2-10-3-6-12(7-4-10)19-14-9-11(16(17)18)5-8-13(14)15/h5,8-10,12H,2-4,6-7H2,1H3. The molecule has 1 aliphatic rings. The highest BCUT2D eigenvalue weighted by molar-refractivity contribution is 9.10. The van der Waals surface area contributed by atoms with Gasteiger partial charge in [-0.3, -0.25) is 10.1 Å². The molecule has 0 radical (unpaired) electrons. The quantitative estimate of drug-likeness (QED) is 0.594. The van der Waals surface area contributed by atoms with Gasteiger partial charge in [-0.15, -0.1) is 0 Å². The van der Waals surface area contributed by atoms with Crippen molar-refractivity contribution in [1.82, 2.24) is 0 Å². The van der Waals surface area contributed by atoms with Crippen LogP contribution in [-0.2, 0) is 0 Å². The second kappa shape index (κ2) is 6.37. The number of nitro groups is 1. The van der Waals surface area contributed by atoms with Crippen LogP contribution in [0.2, 0.25) is 0 Å². The van der Waals surface area contributed by atoms with Crippen LogP contribution in [0.25, 0.3) is 0 Å². The maximum absolute atomic E-state index is 10.8. The van der Waals surface area contributed by atoms with Crippen LogP contribution < -0.4 is 4.74 Å². The van der Waals surface area contributed by atoms with Crippen molar-refractivity contribution in [3.63, 3.8) is 0 Å². The van der Waals surface area contributed by atoms with E-state index in [2.05, 4.69) is 22.9 Å². The van der Waals surface area contributed by atoms with Crippen molar-refractivity contribution < 1.29 is 9.66 Å². The third-order valence-corrected chi connectivity index (χ3v) is 4.45. The summed E-state index contributed by atoms with van der Waals surface area (Å²) in [6.45, 7) is 2.23. The molecule has 0 amide bonds. The molecule has 0 heterocycles. The number of nitro benzene ring substituents is 1. The number of halogens is 1. The molecule has 5 heteroatoms. The number of benzene rings is 1. The Morgan fingerprint density at radius 3 is 2.63 bits per heavy atom. The van der Waals surface area contributed by atoms with Crippen LogP contribution in [0.5, 0.6) is 5.75 Å². The smallest absolute Gasteiger partial charge is 0.273 e. The van der Waals surface area contributed by atoms with E-state index in [0.29, 0.717) is 5.75 Å². The van der Waals surface area contributed by atoms with Crippen LogP contribution in [0.3, 0.4) is 0 Å². The monoisotopic (exact) mass is 327 g/mol. The Morgan fingerprint density at radius 2 is 2.05 bits per heavy atom. The largest absolute Gasteiger partial charge is 0.489 e. The zero-order chi connectivity index (χ0) is 13.8. The fourth-order valence-corrected chi connectivity index (χ4v) is 2.87. The molecule has 1 saturated carbocycles. The summed E-state index contributed by atoms with van der Waals surface area (Å²) < 4.78 is 6.69. The molecule has 0 aliphatic heterocycles. The minimum absolute atomic E-state index is 0.0699. The van der Waals surface area contributed by atoms with Gasteiger partial charge in [-0.05, 0) is 53.6 Å². The summed E-state index contributed by atoms with van der Waals surface area (Å²) in [6, 6.07) is 4.64. The van der Waals surface area contributed by atoms with Crippen molar-refractivity contribution in [2.24, 2.45) is 5.92 Å². The second-order valence-electron chi connectivity index (χ2n) is 5.04. The van der Waals surface area contributed by atoms with Gasteiger partial charge in [0.1, 0.15) is 5.75 Å². The summed E-state index contributed by atoms with van der Waals surface area (Å²) in [5, 5.41) is 10.8. The van der Waals surface area contributed by atoms with Crippen LogP contribution in [0.4, 0.5) is 5.69 Å². The van der Waals surface area contributed by atoms with E-state index in [9.17, 15) is 10.1 Å². The van der Waals surface area contributed by atoms with E-state index in [1.807, 2.05) is 0 Å². The Bertz CT molecular complexity index is 456. The lowest BCUT2D eigenvalue weighted by Crippen LogP contribution is -2.24. The molecule has 19 heavy (non-hydrogen) atoms. The predicted octanol–water partition coefficient (Wildman–Crippen LogP) is 4.70. The molecular formula is C14H18BrNO3. The van der Waals surface area contributed by atoms with Gasteiger partial charge in [0.15, 0.2) is 0 Å². The first kappa shape index (κ1) is 14.3. The number of non-ortho nitro benzene ring substituents is 1. The first-order valence-corrected chi connectivity index (χ1v) is 7.50. The van der Waals surface area contributed by atoms with E-state index < -0.39 is 4.92 Å². The van der Waals surface area contributed by atoms with Gasteiger partial charge in [-0.25, -0.2) is 0 Å². The van der Waals surface area contributed by atoms with Gasteiger partial charge in [-0.2, -0.15) is 0 Å². The van der Waals surface area contributed by atoms with E-state index in [-0.39, 0.29) is 11.8 Å². The van der Waals surface area contributed by atoms with Crippen LogP contribution in [-0.4, -0.2) is 11.0 Å². The molecular weight excluding hydrogens is 310 g/mol. The van der Waals surface area contributed by atoms with Gasteiger partial charge in [0.2, 0.25) is 0 Å². The molecule has 0 saturated heterocycles. The van der Waals surface area contributed by atoms with Gasteiger partial charge in [0, 0.05) is 6.07 Å². The third-order valence-electron chi connectivity index (χ3n) is 3.79. The predicted molar refractivity (Wildman–Crippen MR) is 77.5 cm³/mol. The van der Waals surface area contributed by atoms with E-state index in [1.165, 1.54) is 31.4 Å². The number of hydrogen-bond donors (Lipinski definition) is 0. The highest BCUT2D eigenvalue weighted by atomic mass is 79.9. The fraction of sp³-hybridized carbons (Fsp3) is 0.571. The van der Waals surface area contributed by atoms with E-state index in [4.69, 9.17) is 4.74 Å². The average molecular weight is 328 g/mol. The second-order valence-corrected chi connectivity index (χ2v) is 5.90. The Labute approximate surface area is 121 Å². The lowest BCUT2D eigenvalue weighted by atomic mass is 9.86. The fourth-order valence-electron chi connectivity index (χ4n) is 2.53. The van der Waals surface area contributed by atoms with Crippen LogP contribution in [0.15, 0.2) is 22.7 Å². The van der Waals surface area contributed by atoms with Crippen molar-refractivity contribution in [2.75, 3.05) is 0 Å². The highest BCUT2D eigenvalue weighted by Gasteiger charge is 2.22. The summed E-state index contributed by atoms with van der Waals surface area (Å²) in [7, 11) is 0. The molecule has 0 spiro atoms. The lowest BCUT2D eigenvalue weighted by molar-refractivity contribution is -0.385. The van der Waals surface area contributed by atoms with Crippen LogP contribution in [0, 0.1) is 16.0 Å². The third kappa shape index (κ3) is 3.69. The molecule has 0 bridgehead atoms. The van der Waals surface area contributed by atoms with Crippen LogP contribution >= 0.6 is 15.9 Å². The lowest BCUT2D eigenvalue weighted by Gasteiger charge is -2.28. The first-order chi connectivity index (χ1) is 9.10. The minimum atomic E-state index is -0.396. The molecule has 1 aromatic rings. The molecule has 0 atom stereocenters. The number of hydrogen-bond acceptors (Lipinski definition) is 3. The zero-order valence-corrected chi connectivity index (χ0v) is 12.6. The van der Waals surface area contributed by atoms with Gasteiger partial charge >= 0.3 is 0 Å². The Hall–Kier alpha value is -1.10. The summed E-state index contributed by atoms with van der Waals surface area (Å²) in [5.41, 5.74) is 0.0699. The first-order valence-electron chi connectivity index (χ1n) is 6.70. The Kier molecular flexibility index (Phi) is 4.80. The minimum Gasteiger partial charge on any atom is -0.489 e. The highest BCUT2D eigenvalue weighted by Crippen LogP contribution is 2.34. The van der Waals surface area contributed by atoms with Gasteiger partial charge in [0.05, 0.1) is 21.6 Å². The topological polar surface area (TPSA) is 52.4 Å². The van der Waals surface area contributed by atoms with Gasteiger partial charge in [0.25, 0.3) is 5.69 Å². The maximum Gasteiger partial charge on any atom is 0.273 e. The Balaban J connectivity index is 2.03. The zero-order valence-electron chi connectivity index (χ0n) is 11.0. The van der Waals surface area contributed by atoms with E-state index >= 15 is 0 Å². The van der Waals surface area contributed by atoms with Crippen molar-refractivity contribution in [3.05, 3.63) is 32.8 Å². The van der Waals surface area contributed by atoms with Crippen molar-refractivity contribution in [2.45, 2.75) is 45.1 Å². The molecule has 1 aromatic carbocycles. The number of ether oxygens (including phenoxy) is 1. The van der Waals surface area contributed by atoms with Crippen molar-refractivity contribution in [3.8, 4) is 5.75 Å². The molecule has 4 nitrogen and oxygen atoms in total. The number of rotatable bonds is 4. The maximum atomic E-state index is 10.8. The van der Waals surface area contributed by atoms with E-state index in [0.717, 1.165) is 23.2 Å². The molecule has 0 N–H and O–H groups in total. The van der Waals surface area contributed by atoms with Gasteiger partial charge in [-0.1, -0.05) is 13.3 Å². The van der Waals surface area contributed by atoms with Crippen LogP contribution in [0.1, 0.15) is 39.0 Å². The molecule has 2 rings (SSSR count). The average Bonchev–Trinajstić information content (AvgIpc) is 2.42. The summed E-state index contributed by atoms with van der Waals surface area (Å²) in [5.74, 6) is 1.39. The Morgan fingerprint density at radius 1 is 1.37 bits per heavy atom.